The maximum Gasteiger partial charge on any atom is 0.0827 e. The normalized spacial score (nSPS) is 27.8. The molecule has 1 N–H and O–H groups in total. The number of rotatable bonds is 5. The van der Waals surface area contributed by atoms with Gasteiger partial charge in [-0.3, -0.25) is 4.90 Å². The number of nitrogens with one attached hydrogen (secondary N) is 1. The fraction of sp³-hybridized carbons (Fsp3) is 0.667. The number of ether oxygens (including phenoxy) is 1. The maximum absolute atomic E-state index is 6.05. The standard InChI is InChI=1S/C18H28N2O/c1-14(2)18(15-7-4-3-5-8-15)19-11-17-12-20-10-6-9-16(20)13-21-17/h3-5,7-8,14,16-19H,6,9-13H2,1-2H3. The van der Waals surface area contributed by atoms with E-state index < -0.39 is 0 Å². The summed E-state index contributed by atoms with van der Waals surface area (Å²) in [5.74, 6) is 0.579. The second-order valence-electron chi connectivity index (χ2n) is 6.79. The number of hydrogen-bond donors (Lipinski definition) is 1. The molecule has 3 nitrogen and oxygen atoms in total. The van der Waals surface area contributed by atoms with E-state index in [1.54, 1.807) is 0 Å². The van der Waals surface area contributed by atoms with Gasteiger partial charge in [0.25, 0.3) is 0 Å². The van der Waals surface area contributed by atoms with E-state index in [0.717, 1.165) is 19.7 Å². The summed E-state index contributed by atoms with van der Waals surface area (Å²) in [6.07, 6.45) is 3.00. The highest BCUT2D eigenvalue weighted by molar-refractivity contribution is 5.19. The van der Waals surface area contributed by atoms with Crippen LogP contribution in [0.25, 0.3) is 0 Å². The number of fused-ring (bicyclic) bond motifs is 1. The van der Waals surface area contributed by atoms with Gasteiger partial charge >= 0.3 is 0 Å². The highest BCUT2D eigenvalue weighted by Crippen LogP contribution is 2.24. The summed E-state index contributed by atoms with van der Waals surface area (Å²) in [4.78, 5) is 2.61. The Bertz CT molecular complexity index is 434. The third-order valence-electron chi connectivity index (χ3n) is 4.85. The summed E-state index contributed by atoms with van der Waals surface area (Å²) in [7, 11) is 0. The van der Waals surface area contributed by atoms with Gasteiger partial charge < -0.3 is 10.1 Å². The van der Waals surface area contributed by atoms with Gasteiger partial charge in [-0.25, -0.2) is 0 Å². The smallest absolute Gasteiger partial charge is 0.0827 e. The Balaban J connectivity index is 1.55. The average Bonchev–Trinajstić information content (AvgIpc) is 2.96. The zero-order valence-electron chi connectivity index (χ0n) is 13.3. The average molecular weight is 288 g/mol. The van der Waals surface area contributed by atoms with Crippen molar-refractivity contribution in [1.29, 1.82) is 0 Å². The van der Waals surface area contributed by atoms with Gasteiger partial charge in [0.15, 0.2) is 0 Å². The van der Waals surface area contributed by atoms with Gasteiger partial charge in [-0.15, -0.1) is 0 Å². The van der Waals surface area contributed by atoms with Crippen LogP contribution in [-0.2, 0) is 4.74 Å². The van der Waals surface area contributed by atoms with Crippen molar-refractivity contribution in [3.63, 3.8) is 0 Å². The SMILES string of the molecule is CC(C)C(NCC1CN2CCCC2CO1)c1ccccc1. The molecule has 0 aromatic heterocycles. The predicted octanol–water partition coefficient (Wildman–Crippen LogP) is 2.84. The Morgan fingerprint density at radius 1 is 1.29 bits per heavy atom. The van der Waals surface area contributed by atoms with Gasteiger partial charge in [-0.05, 0) is 30.9 Å². The van der Waals surface area contributed by atoms with Crippen molar-refractivity contribution >= 4 is 0 Å². The maximum atomic E-state index is 6.05. The molecule has 1 aromatic carbocycles. The topological polar surface area (TPSA) is 24.5 Å². The van der Waals surface area contributed by atoms with Crippen molar-refractivity contribution in [2.24, 2.45) is 5.92 Å². The summed E-state index contributed by atoms with van der Waals surface area (Å²) < 4.78 is 6.05. The van der Waals surface area contributed by atoms with Crippen LogP contribution < -0.4 is 5.32 Å². The van der Waals surface area contributed by atoms with E-state index >= 15 is 0 Å². The van der Waals surface area contributed by atoms with E-state index in [0.29, 0.717) is 24.1 Å². The van der Waals surface area contributed by atoms with Crippen molar-refractivity contribution < 1.29 is 4.74 Å². The Morgan fingerprint density at radius 3 is 2.86 bits per heavy atom. The van der Waals surface area contributed by atoms with Crippen molar-refractivity contribution in [1.82, 2.24) is 10.2 Å². The first kappa shape index (κ1) is 15.0. The molecule has 0 saturated carbocycles. The van der Waals surface area contributed by atoms with Crippen molar-refractivity contribution in [2.75, 3.05) is 26.2 Å². The number of hydrogen-bond acceptors (Lipinski definition) is 3. The molecule has 0 spiro atoms. The second-order valence-corrected chi connectivity index (χ2v) is 6.79. The predicted molar refractivity (Wildman–Crippen MR) is 86.4 cm³/mol. The van der Waals surface area contributed by atoms with E-state index in [9.17, 15) is 0 Å². The molecule has 3 atom stereocenters. The molecular weight excluding hydrogens is 260 g/mol. The molecule has 116 valence electrons. The minimum absolute atomic E-state index is 0.337. The Morgan fingerprint density at radius 2 is 2.10 bits per heavy atom. The number of benzene rings is 1. The van der Waals surface area contributed by atoms with Crippen LogP contribution in [0, 0.1) is 5.92 Å². The third kappa shape index (κ3) is 3.65. The molecule has 0 bridgehead atoms. The van der Waals surface area contributed by atoms with Crippen LogP contribution in [0.15, 0.2) is 30.3 Å². The molecule has 3 heteroatoms. The van der Waals surface area contributed by atoms with Gasteiger partial charge in [0.05, 0.1) is 12.7 Å². The number of morpholine rings is 1. The Labute approximate surface area is 128 Å². The lowest BCUT2D eigenvalue weighted by Crippen LogP contribution is -2.50. The van der Waals surface area contributed by atoms with Gasteiger partial charge in [-0.1, -0.05) is 44.2 Å². The van der Waals surface area contributed by atoms with Crippen LogP contribution in [0.1, 0.15) is 38.3 Å². The summed E-state index contributed by atoms with van der Waals surface area (Å²) in [6, 6.07) is 11.9. The van der Waals surface area contributed by atoms with Crippen LogP contribution in [0.2, 0.25) is 0 Å². The second kappa shape index (κ2) is 6.91. The Kier molecular flexibility index (Phi) is 4.94. The molecule has 2 fully saturated rings. The molecule has 3 rings (SSSR count). The number of nitrogens with zero attached hydrogens (tertiary/aromatic N) is 1. The van der Waals surface area contributed by atoms with E-state index in [1.165, 1.54) is 24.9 Å². The summed E-state index contributed by atoms with van der Waals surface area (Å²) in [5, 5.41) is 3.73. The summed E-state index contributed by atoms with van der Waals surface area (Å²) in [5.41, 5.74) is 1.38. The molecule has 0 amide bonds. The first-order valence-corrected chi connectivity index (χ1v) is 8.38. The van der Waals surface area contributed by atoms with Gasteiger partial charge in [0.2, 0.25) is 0 Å². The fourth-order valence-electron chi connectivity index (χ4n) is 3.67. The minimum atomic E-state index is 0.337. The van der Waals surface area contributed by atoms with E-state index in [1.807, 2.05) is 0 Å². The van der Waals surface area contributed by atoms with Crippen LogP contribution in [0.5, 0.6) is 0 Å². The van der Waals surface area contributed by atoms with Gasteiger partial charge in [-0.2, -0.15) is 0 Å². The van der Waals surface area contributed by atoms with Crippen molar-refractivity contribution in [3.05, 3.63) is 35.9 Å². The van der Waals surface area contributed by atoms with Gasteiger partial charge in [0, 0.05) is 25.2 Å². The van der Waals surface area contributed by atoms with Crippen LogP contribution in [-0.4, -0.2) is 43.3 Å². The zero-order chi connectivity index (χ0) is 14.7. The van der Waals surface area contributed by atoms with Crippen molar-refractivity contribution in [3.8, 4) is 0 Å². The lowest BCUT2D eigenvalue weighted by atomic mass is 9.96. The first-order valence-electron chi connectivity index (χ1n) is 8.38. The van der Waals surface area contributed by atoms with E-state index in [-0.39, 0.29) is 0 Å². The molecule has 0 radical (unpaired) electrons. The quantitative estimate of drug-likeness (QED) is 0.901. The molecule has 2 heterocycles. The summed E-state index contributed by atoms with van der Waals surface area (Å²) >= 11 is 0. The van der Waals surface area contributed by atoms with E-state index in [4.69, 9.17) is 4.74 Å². The fourth-order valence-corrected chi connectivity index (χ4v) is 3.67. The monoisotopic (exact) mass is 288 g/mol. The molecule has 0 aliphatic carbocycles. The van der Waals surface area contributed by atoms with Crippen LogP contribution in [0.3, 0.4) is 0 Å². The lowest BCUT2D eigenvalue weighted by Gasteiger charge is -2.36. The zero-order valence-corrected chi connectivity index (χ0v) is 13.3. The molecule has 1 aromatic rings. The minimum Gasteiger partial charge on any atom is -0.374 e. The molecule has 2 aliphatic heterocycles. The summed E-state index contributed by atoms with van der Waals surface area (Å²) in [6.45, 7) is 8.78. The van der Waals surface area contributed by atoms with Crippen LogP contribution in [0.4, 0.5) is 0 Å². The molecule has 2 aliphatic rings. The lowest BCUT2D eigenvalue weighted by molar-refractivity contribution is -0.0483. The molecular formula is C18H28N2O. The van der Waals surface area contributed by atoms with Crippen LogP contribution >= 0.6 is 0 Å². The molecule has 21 heavy (non-hydrogen) atoms. The highest BCUT2D eigenvalue weighted by atomic mass is 16.5. The largest absolute Gasteiger partial charge is 0.374 e. The Hall–Kier alpha value is -0.900. The van der Waals surface area contributed by atoms with Gasteiger partial charge in [0.1, 0.15) is 0 Å². The first-order chi connectivity index (χ1) is 10.2. The molecule has 2 saturated heterocycles. The molecule has 3 unspecified atom stereocenters. The van der Waals surface area contributed by atoms with Crippen molar-refractivity contribution in [2.45, 2.75) is 44.9 Å². The van der Waals surface area contributed by atoms with E-state index in [2.05, 4.69) is 54.4 Å². The third-order valence-corrected chi connectivity index (χ3v) is 4.85. The highest BCUT2D eigenvalue weighted by Gasteiger charge is 2.32.